The van der Waals surface area contributed by atoms with Crippen LogP contribution in [0.25, 0.3) is 0 Å². The molecule has 0 spiro atoms. The van der Waals surface area contributed by atoms with Gasteiger partial charge in [-0.3, -0.25) is 0 Å². The van der Waals surface area contributed by atoms with Crippen LogP contribution in [0, 0.1) is 0 Å². The third-order valence-electron chi connectivity index (χ3n) is 4.63. The standard InChI is InChI=1S/C15H6F18.C6H6/c16-10(17,18)7(11(19,20)21)4-1-5(8(12(22,23)24)13(25,26)27)3-6(2-4)9(14(28,29)30)15(31,32)33;1-2-4-6-5-3-1/h1-3,7-9H;1-6H. The summed E-state index contributed by atoms with van der Waals surface area (Å²) in [5.74, 6) is -15.0. The van der Waals surface area contributed by atoms with Crippen molar-refractivity contribution in [1.82, 2.24) is 0 Å². The number of alkyl halides is 18. The van der Waals surface area contributed by atoms with Gasteiger partial charge in [-0.25, -0.2) is 0 Å². The lowest BCUT2D eigenvalue weighted by Gasteiger charge is -2.29. The van der Waals surface area contributed by atoms with Crippen LogP contribution in [-0.4, -0.2) is 37.1 Å². The van der Waals surface area contributed by atoms with Crippen molar-refractivity contribution in [2.45, 2.75) is 54.8 Å². The molecule has 0 aliphatic carbocycles. The van der Waals surface area contributed by atoms with E-state index < -0.39 is 89.7 Å². The van der Waals surface area contributed by atoms with E-state index in [1.165, 1.54) is 0 Å². The normalized spacial score (nSPS) is 14.1. The maximum Gasteiger partial charge on any atom is 0.404 e. The molecule has 2 aromatic rings. The maximum absolute atomic E-state index is 12.9. The Kier molecular flexibility index (Phi) is 9.95. The van der Waals surface area contributed by atoms with Crippen molar-refractivity contribution >= 4 is 0 Å². The van der Waals surface area contributed by atoms with E-state index in [4.69, 9.17) is 0 Å². The molecule has 0 aromatic heterocycles. The molecule has 39 heavy (non-hydrogen) atoms. The predicted octanol–water partition coefficient (Wildman–Crippen LogP) is 10.00. The van der Waals surface area contributed by atoms with Crippen molar-refractivity contribution in [3.63, 3.8) is 0 Å². The molecule has 0 bridgehead atoms. The molecule has 2 aromatic carbocycles. The lowest BCUT2D eigenvalue weighted by atomic mass is 9.85. The Morgan fingerprint density at radius 1 is 0.282 bits per heavy atom. The molecular formula is C21H12F18. The Hall–Kier alpha value is -2.82. The van der Waals surface area contributed by atoms with Gasteiger partial charge in [-0.05, 0) is 16.7 Å². The fraction of sp³-hybridized carbons (Fsp3) is 0.429. The van der Waals surface area contributed by atoms with E-state index in [0.29, 0.717) is 0 Å². The molecule has 18 heteroatoms. The average molecular weight is 606 g/mol. The van der Waals surface area contributed by atoms with Crippen LogP contribution in [0.2, 0.25) is 0 Å². The summed E-state index contributed by atoms with van der Waals surface area (Å²) < 4.78 is 232. The fourth-order valence-corrected chi connectivity index (χ4v) is 3.28. The van der Waals surface area contributed by atoms with Gasteiger partial charge in [0.05, 0.1) is 0 Å². The Morgan fingerprint density at radius 2 is 0.410 bits per heavy atom. The summed E-state index contributed by atoms with van der Waals surface area (Å²) in [5.41, 5.74) is -8.17. The second-order valence-corrected chi connectivity index (χ2v) is 7.64. The predicted molar refractivity (Wildman–Crippen MR) is 97.4 cm³/mol. The molecule has 0 saturated carbocycles. The largest absolute Gasteiger partial charge is 0.404 e. The molecule has 2 rings (SSSR count). The molecule has 0 heterocycles. The molecular weight excluding hydrogens is 594 g/mol. The molecule has 0 atom stereocenters. The summed E-state index contributed by atoms with van der Waals surface area (Å²) in [7, 11) is 0. The fourth-order valence-electron chi connectivity index (χ4n) is 3.28. The zero-order chi connectivity index (χ0) is 30.8. The van der Waals surface area contributed by atoms with E-state index in [1.807, 2.05) is 36.4 Å². The van der Waals surface area contributed by atoms with Gasteiger partial charge in [0.1, 0.15) is 0 Å². The minimum Gasteiger partial charge on any atom is -0.170 e. The SMILES string of the molecule is FC(F)(F)C(c1cc(C(C(F)(F)F)C(F)(F)F)cc(C(C(F)(F)F)C(F)(F)F)c1)C(F)(F)F.c1ccccc1. The molecule has 0 nitrogen and oxygen atoms in total. The molecule has 0 saturated heterocycles. The molecule has 0 fully saturated rings. The lowest BCUT2D eigenvalue weighted by Crippen LogP contribution is -2.38. The van der Waals surface area contributed by atoms with Crippen LogP contribution in [0.5, 0.6) is 0 Å². The lowest BCUT2D eigenvalue weighted by molar-refractivity contribution is -0.254. The molecule has 0 aliphatic heterocycles. The molecule has 0 amide bonds. The highest BCUT2D eigenvalue weighted by atomic mass is 19.4. The first-order valence-corrected chi connectivity index (χ1v) is 9.73. The quantitative estimate of drug-likeness (QED) is 0.305. The summed E-state index contributed by atoms with van der Waals surface area (Å²) in [4.78, 5) is 0. The van der Waals surface area contributed by atoms with Crippen LogP contribution >= 0.6 is 0 Å². The van der Waals surface area contributed by atoms with Gasteiger partial charge >= 0.3 is 37.1 Å². The number of hydrogen-bond donors (Lipinski definition) is 0. The topological polar surface area (TPSA) is 0 Å². The van der Waals surface area contributed by atoms with E-state index in [1.54, 1.807) is 0 Å². The summed E-state index contributed by atoms with van der Waals surface area (Å²) in [6.45, 7) is 0. The minimum atomic E-state index is -6.56. The van der Waals surface area contributed by atoms with E-state index >= 15 is 0 Å². The van der Waals surface area contributed by atoms with Crippen molar-refractivity contribution in [3.05, 3.63) is 71.3 Å². The number of hydrogen-bond acceptors (Lipinski definition) is 0. The second kappa shape index (κ2) is 11.3. The summed E-state index contributed by atoms with van der Waals surface area (Å²) in [5, 5.41) is 0. The number of rotatable bonds is 3. The van der Waals surface area contributed by atoms with Gasteiger partial charge in [-0.2, -0.15) is 79.0 Å². The summed E-state index contributed by atoms with van der Waals surface area (Å²) >= 11 is 0. The maximum atomic E-state index is 12.9. The van der Waals surface area contributed by atoms with Crippen molar-refractivity contribution in [2.75, 3.05) is 0 Å². The van der Waals surface area contributed by atoms with Crippen molar-refractivity contribution < 1.29 is 79.0 Å². The number of benzene rings is 2. The highest BCUT2D eigenvalue weighted by Gasteiger charge is 2.62. The van der Waals surface area contributed by atoms with Crippen molar-refractivity contribution in [3.8, 4) is 0 Å². The van der Waals surface area contributed by atoms with Crippen LogP contribution in [0.4, 0.5) is 79.0 Å². The Balaban J connectivity index is 0.00000111. The molecule has 0 unspecified atom stereocenters. The van der Waals surface area contributed by atoms with Gasteiger partial charge in [0.2, 0.25) is 0 Å². The van der Waals surface area contributed by atoms with Gasteiger partial charge in [0, 0.05) is 0 Å². The number of halogens is 18. The van der Waals surface area contributed by atoms with Crippen LogP contribution < -0.4 is 0 Å². The van der Waals surface area contributed by atoms with E-state index in [0.717, 1.165) is 0 Å². The smallest absolute Gasteiger partial charge is 0.170 e. The first-order chi connectivity index (χ1) is 17.2. The third kappa shape index (κ3) is 9.70. The highest BCUT2D eigenvalue weighted by Crippen LogP contribution is 2.53. The Bertz CT molecular complexity index is 844. The van der Waals surface area contributed by atoms with Gasteiger partial charge in [-0.1, -0.05) is 54.6 Å². The van der Waals surface area contributed by atoms with E-state index in [-0.39, 0.29) is 0 Å². The molecule has 0 aliphatic rings. The first kappa shape index (κ1) is 34.2. The zero-order valence-corrected chi connectivity index (χ0v) is 18.2. The van der Waals surface area contributed by atoms with E-state index in [2.05, 4.69) is 0 Å². The molecule has 0 radical (unpaired) electrons. The zero-order valence-electron chi connectivity index (χ0n) is 18.2. The van der Waals surface area contributed by atoms with Crippen LogP contribution in [-0.2, 0) is 0 Å². The van der Waals surface area contributed by atoms with E-state index in [9.17, 15) is 79.0 Å². The third-order valence-corrected chi connectivity index (χ3v) is 4.63. The molecule has 0 N–H and O–H groups in total. The Morgan fingerprint density at radius 3 is 0.513 bits per heavy atom. The first-order valence-electron chi connectivity index (χ1n) is 9.73. The summed E-state index contributed by atoms with van der Waals surface area (Å²) in [6, 6.07) is 8.93. The van der Waals surface area contributed by atoms with Crippen LogP contribution in [0.15, 0.2) is 54.6 Å². The van der Waals surface area contributed by atoms with Gasteiger partial charge < -0.3 is 0 Å². The highest BCUT2D eigenvalue weighted by molar-refractivity contribution is 5.40. The Labute approximate surface area is 206 Å². The van der Waals surface area contributed by atoms with Crippen molar-refractivity contribution in [1.29, 1.82) is 0 Å². The van der Waals surface area contributed by atoms with Gasteiger partial charge in [0.25, 0.3) is 0 Å². The van der Waals surface area contributed by atoms with Crippen LogP contribution in [0.1, 0.15) is 34.4 Å². The average Bonchev–Trinajstić information content (AvgIpc) is 2.62. The molecule has 222 valence electrons. The minimum absolute atomic E-state index is 1.02. The van der Waals surface area contributed by atoms with Crippen molar-refractivity contribution in [2.24, 2.45) is 0 Å². The van der Waals surface area contributed by atoms with Gasteiger partial charge in [-0.15, -0.1) is 0 Å². The monoisotopic (exact) mass is 606 g/mol. The second-order valence-electron chi connectivity index (χ2n) is 7.64. The van der Waals surface area contributed by atoms with Crippen LogP contribution in [0.3, 0.4) is 0 Å². The summed E-state index contributed by atoms with van der Waals surface area (Å²) in [6.07, 6.45) is -39.4. The van der Waals surface area contributed by atoms with Gasteiger partial charge in [0.15, 0.2) is 17.8 Å².